The zero-order chi connectivity index (χ0) is 16.2. The molecule has 0 amide bonds. The lowest BCUT2D eigenvalue weighted by molar-refractivity contribution is -0.152. The first-order valence-corrected chi connectivity index (χ1v) is 6.96. The number of alkyl halides is 3. The molecule has 0 heterocycles. The maximum absolute atomic E-state index is 12.3. The Kier molecular flexibility index (Phi) is 5.26. The van der Waals surface area contributed by atoms with Crippen molar-refractivity contribution in [2.75, 3.05) is 13.2 Å². The van der Waals surface area contributed by atoms with E-state index in [4.69, 9.17) is 4.74 Å². The fourth-order valence-corrected chi connectivity index (χ4v) is 1.99. The molecular weight excluding hydrogens is 295 g/mol. The largest absolute Gasteiger partial charge is 0.490 e. The van der Waals surface area contributed by atoms with E-state index in [-0.39, 0.29) is 13.2 Å². The summed E-state index contributed by atoms with van der Waals surface area (Å²) in [7, 11) is 0. The maximum Gasteiger partial charge on any atom is 0.403 e. The van der Waals surface area contributed by atoms with Crippen LogP contribution in [0.4, 0.5) is 13.2 Å². The Morgan fingerprint density at radius 2 is 1.82 bits per heavy atom. The highest BCUT2D eigenvalue weighted by Crippen LogP contribution is 2.25. The summed E-state index contributed by atoms with van der Waals surface area (Å²) in [5, 5.41) is 13.9. The Balaban J connectivity index is 1.89. The predicted octanol–water partition coefficient (Wildman–Crippen LogP) is 3.12. The Morgan fingerprint density at radius 1 is 1.14 bits per heavy atom. The summed E-state index contributed by atoms with van der Waals surface area (Å²) in [4.78, 5) is 0. The summed E-state index contributed by atoms with van der Waals surface area (Å²) in [6.45, 7) is 0.745. The van der Waals surface area contributed by atoms with Crippen LogP contribution in [0.3, 0.4) is 0 Å². The molecular formula is C16H18F3NO2. The summed E-state index contributed by atoms with van der Waals surface area (Å²) in [6, 6.07) is 11.5. The molecule has 0 radical (unpaired) electrons. The Morgan fingerprint density at radius 3 is 2.55 bits per heavy atom. The molecule has 3 nitrogen and oxygen atoms in total. The van der Waals surface area contributed by atoms with E-state index < -0.39 is 18.3 Å². The molecule has 0 aromatic heterocycles. The van der Waals surface area contributed by atoms with Gasteiger partial charge in [-0.15, -0.1) is 0 Å². The molecule has 0 fully saturated rings. The van der Waals surface area contributed by atoms with Gasteiger partial charge in [-0.3, -0.25) is 0 Å². The smallest absolute Gasteiger partial charge is 0.403 e. The highest BCUT2D eigenvalue weighted by atomic mass is 19.4. The van der Waals surface area contributed by atoms with Crippen LogP contribution in [0, 0.1) is 0 Å². The van der Waals surface area contributed by atoms with Crippen LogP contribution in [0.1, 0.15) is 6.92 Å². The zero-order valence-electron chi connectivity index (χ0n) is 12.1. The summed E-state index contributed by atoms with van der Waals surface area (Å²) in [5.41, 5.74) is 0. The van der Waals surface area contributed by atoms with Crippen molar-refractivity contribution in [1.82, 2.24) is 5.32 Å². The third kappa shape index (κ3) is 4.35. The predicted molar refractivity (Wildman–Crippen MR) is 79.0 cm³/mol. The highest BCUT2D eigenvalue weighted by molar-refractivity contribution is 5.88. The van der Waals surface area contributed by atoms with E-state index in [9.17, 15) is 18.3 Å². The first-order valence-electron chi connectivity index (χ1n) is 6.96. The fourth-order valence-electron chi connectivity index (χ4n) is 1.99. The average Bonchev–Trinajstić information content (AvgIpc) is 2.49. The van der Waals surface area contributed by atoms with Crippen LogP contribution in [0.25, 0.3) is 10.8 Å². The number of rotatable bonds is 6. The number of hydrogen-bond donors (Lipinski definition) is 2. The number of aliphatic hydroxyl groups excluding tert-OH is 1. The van der Waals surface area contributed by atoms with E-state index in [1.165, 1.54) is 0 Å². The van der Waals surface area contributed by atoms with Gasteiger partial charge in [-0.2, -0.15) is 13.2 Å². The van der Waals surface area contributed by atoms with Crippen molar-refractivity contribution >= 4 is 10.8 Å². The summed E-state index contributed by atoms with van der Waals surface area (Å²) in [5.74, 6) is 0.598. The number of nitrogens with one attached hydrogen (secondary N) is 1. The van der Waals surface area contributed by atoms with Crippen molar-refractivity contribution in [2.45, 2.75) is 25.2 Å². The first-order chi connectivity index (χ1) is 10.4. The summed E-state index contributed by atoms with van der Waals surface area (Å²) >= 11 is 0. The number of ether oxygens (including phenoxy) is 1. The van der Waals surface area contributed by atoms with Crippen LogP contribution in [0.5, 0.6) is 5.75 Å². The Labute approximate surface area is 126 Å². The maximum atomic E-state index is 12.3. The third-order valence-corrected chi connectivity index (χ3v) is 3.33. The number of fused-ring (bicyclic) bond motifs is 1. The van der Waals surface area contributed by atoms with Crippen LogP contribution in [-0.4, -0.2) is 36.6 Å². The average molecular weight is 313 g/mol. The number of hydrogen-bond acceptors (Lipinski definition) is 3. The summed E-state index contributed by atoms with van der Waals surface area (Å²) < 4.78 is 42.6. The van der Waals surface area contributed by atoms with Crippen molar-refractivity contribution in [3.63, 3.8) is 0 Å². The van der Waals surface area contributed by atoms with Crippen molar-refractivity contribution in [3.8, 4) is 5.75 Å². The molecule has 0 saturated heterocycles. The molecule has 0 bridgehead atoms. The number of halogens is 3. The lowest BCUT2D eigenvalue weighted by Crippen LogP contribution is -2.44. The topological polar surface area (TPSA) is 41.5 Å². The minimum atomic E-state index is -4.32. The Hall–Kier alpha value is -1.79. The Bertz CT molecular complexity index is 610. The molecule has 2 aromatic rings. The van der Waals surface area contributed by atoms with E-state index in [2.05, 4.69) is 5.32 Å². The third-order valence-electron chi connectivity index (χ3n) is 3.33. The minimum Gasteiger partial charge on any atom is -0.490 e. The molecule has 0 saturated carbocycles. The van der Waals surface area contributed by atoms with Crippen LogP contribution in [-0.2, 0) is 0 Å². The van der Waals surface area contributed by atoms with Gasteiger partial charge in [0.2, 0.25) is 0 Å². The van der Waals surface area contributed by atoms with Gasteiger partial charge in [-0.25, -0.2) is 0 Å². The normalized spacial score (nSPS) is 14.8. The SMILES string of the molecule is CC(NC[C@@H](O)COc1cccc2ccccc12)C(F)(F)F. The fraction of sp³-hybridized carbons (Fsp3) is 0.375. The van der Waals surface area contributed by atoms with E-state index in [1.54, 1.807) is 6.07 Å². The van der Waals surface area contributed by atoms with Crippen molar-refractivity contribution in [1.29, 1.82) is 0 Å². The lowest BCUT2D eigenvalue weighted by atomic mass is 10.1. The molecule has 0 aliphatic heterocycles. The molecule has 2 N–H and O–H groups in total. The second-order valence-electron chi connectivity index (χ2n) is 5.11. The monoisotopic (exact) mass is 313 g/mol. The molecule has 0 aliphatic rings. The number of benzene rings is 2. The molecule has 2 rings (SSSR count). The van der Waals surface area contributed by atoms with Gasteiger partial charge in [0.15, 0.2) is 0 Å². The van der Waals surface area contributed by atoms with E-state index in [0.717, 1.165) is 17.7 Å². The van der Waals surface area contributed by atoms with Crippen molar-refractivity contribution in [3.05, 3.63) is 42.5 Å². The second kappa shape index (κ2) is 6.98. The molecule has 120 valence electrons. The van der Waals surface area contributed by atoms with Crippen molar-refractivity contribution in [2.24, 2.45) is 0 Å². The highest BCUT2D eigenvalue weighted by Gasteiger charge is 2.35. The molecule has 0 aliphatic carbocycles. The van der Waals surface area contributed by atoms with Crippen LogP contribution >= 0.6 is 0 Å². The lowest BCUT2D eigenvalue weighted by Gasteiger charge is -2.20. The van der Waals surface area contributed by atoms with E-state index >= 15 is 0 Å². The first kappa shape index (κ1) is 16.6. The zero-order valence-corrected chi connectivity index (χ0v) is 12.1. The van der Waals surface area contributed by atoms with Crippen LogP contribution < -0.4 is 10.1 Å². The van der Waals surface area contributed by atoms with Gasteiger partial charge >= 0.3 is 6.18 Å². The van der Waals surface area contributed by atoms with Crippen LogP contribution in [0.2, 0.25) is 0 Å². The standard InChI is InChI=1S/C16H18F3NO2/c1-11(16(17,18)19)20-9-13(21)10-22-15-8-4-6-12-5-2-3-7-14(12)15/h2-8,11,13,20-21H,9-10H2,1H3/t11?,13-/m1/s1. The molecule has 0 spiro atoms. The van der Waals surface area contributed by atoms with Gasteiger partial charge in [-0.1, -0.05) is 36.4 Å². The van der Waals surface area contributed by atoms with Gasteiger partial charge in [0, 0.05) is 11.9 Å². The van der Waals surface area contributed by atoms with Gasteiger partial charge in [0.25, 0.3) is 0 Å². The quantitative estimate of drug-likeness (QED) is 0.861. The second-order valence-corrected chi connectivity index (χ2v) is 5.11. The van der Waals surface area contributed by atoms with E-state index in [0.29, 0.717) is 5.75 Å². The van der Waals surface area contributed by atoms with E-state index in [1.807, 2.05) is 36.4 Å². The molecule has 2 atom stereocenters. The minimum absolute atomic E-state index is 0.0778. The molecule has 2 aromatic carbocycles. The van der Waals surface area contributed by atoms with Gasteiger partial charge in [0.1, 0.15) is 24.5 Å². The van der Waals surface area contributed by atoms with Gasteiger partial charge < -0.3 is 15.2 Å². The molecule has 22 heavy (non-hydrogen) atoms. The van der Waals surface area contributed by atoms with Gasteiger partial charge in [0.05, 0.1) is 0 Å². The van der Waals surface area contributed by atoms with Gasteiger partial charge in [-0.05, 0) is 18.4 Å². The number of aliphatic hydroxyl groups is 1. The molecule has 6 heteroatoms. The molecule has 1 unspecified atom stereocenters. The van der Waals surface area contributed by atoms with Crippen LogP contribution in [0.15, 0.2) is 42.5 Å². The van der Waals surface area contributed by atoms with Crippen molar-refractivity contribution < 1.29 is 23.0 Å². The summed E-state index contributed by atoms with van der Waals surface area (Å²) in [6.07, 6.45) is -5.35.